The number of hydrogen-bond acceptors (Lipinski definition) is 5. The number of nitrogens with zero attached hydrogens (tertiary/aromatic N) is 3. The molecule has 7 heteroatoms. The molecule has 1 heterocycles. The first kappa shape index (κ1) is 16.9. The first-order valence-electron chi connectivity index (χ1n) is 6.14. The number of hydrogen-bond donors (Lipinski definition) is 1. The zero-order valence-electron chi connectivity index (χ0n) is 10.9. The molecule has 0 saturated carbocycles. The molecule has 0 amide bonds. The van der Waals surface area contributed by atoms with Crippen LogP contribution in [0.15, 0.2) is 17.3 Å². The van der Waals surface area contributed by atoms with Crippen LogP contribution in [0.1, 0.15) is 52.4 Å². The molecular formula is C11H21N3O3S. The second-order valence-corrected chi connectivity index (χ2v) is 5.22. The first-order chi connectivity index (χ1) is 8.52. The molecule has 1 N–H and O–H groups in total. The van der Waals surface area contributed by atoms with Crippen molar-refractivity contribution in [3.63, 3.8) is 0 Å². The van der Waals surface area contributed by atoms with E-state index in [1.54, 1.807) is 0 Å². The third kappa shape index (κ3) is 9.00. The van der Waals surface area contributed by atoms with Crippen molar-refractivity contribution < 1.29 is 13.0 Å². The fourth-order valence-corrected chi connectivity index (χ4v) is 1.59. The van der Waals surface area contributed by atoms with Crippen LogP contribution in [-0.2, 0) is 10.1 Å². The first-order valence-corrected chi connectivity index (χ1v) is 7.58. The van der Waals surface area contributed by atoms with Crippen molar-refractivity contribution >= 4 is 10.1 Å². The van der Waals surface area contributed by atoms with Gasteiger partial charge in [-0.05, 0) is 5.21 Å². The highest BCUT2D eigenvalue weighted by Gasteiger charge is 2.09. The largest absolute Gasteiger partial charge is 0.314 e. The smallest absolute Gasteiger partial charge is 0.281 e. The van der Waals surface area contributed by atoms with Gasteiger partial charge in [0.15, 0.2) is 0 Å². The fourth-order valence-electron chi connectivity index (χ4n) is 1.22. The Kier molecular flexibility index (Phi) is 9.31. The predicted octanol–water partition coefficient (Wildman–Crippen LogP) is 2.49. The summed E-state index contributed by atoms with van der Waals surface area (Å²) in [5, 5.41) is 8.79. The number of unbranched alkanes of at least 4 members (excludes halogenated alkanes) is 5. The van der Waals surface area contributed by atoms with Crippen LogP contribution in [0.4, 0.5) is 0 Å². The Morgan fingerprint density at radius 2 is 1.67 bits per heavy atom. The number of rotatable bonds is 6. The topological polar surface area (TPSA) is 93.0 Å². The molecule has 0 fully saturated rings. The van der Waals surface area contributed by atoms with Gasteiger partial charge in [-0.25, -0.2) is 0 Å². The van der Waals surface area contributed by atoms with E-state index in [0.29, 0.717) is 0 Å². The molecule has 0 aromatic carbocycles. The van der Waals surface area contributed by atoms with Crippen LogP contribution in [0.2, 0.25) is 0 Å². The van der Waals surface area contributed by atoms with Gasteiger partial charge < -0.3 is 0 Å². The summed E-state index contributed by atoms with van der Waals surface area (Å²) in [5.41, 5.74) is 0. The highest BCUT2D eigenvalue weighted by Crippen LogP contribution is 2.03. The second kappa shape index (κ2) is 9.90. The quantitative estimate of drug-likeness (QED) is 0.633. The van der Waals surface area contributed by atoms with Crippen LogP contribution in [0, 0.1) is 0 Å². The van der Waals surface area contributed by atoms with E-state index in [9.17, 15) is 8.42 Å². The van der Waals surface area contributed by atoms with Crippen molar-refractivity contribution in [3.8, 4) is 0 Å². The molecule has 0 aliphatic rings. The van der Waals surface area contributed by atoms with Crippen molar-refractivity contribution in [2.75, 3.05) is 0 Å². The third-order valence-corrected chi connectivity index (χ3v) is 2.95. The lowest BCUT2D eigenvalue weighted by molar-refractivity contribution is 0.476. The van der Waals surface area contributed by atoms with Crippen LogP contribution >= 0.6 is 0 Å². The van der Waals surface area contributed by atoms with Crippen molar-refractivity contribution in [3.05, 3.63) is 12.3 Å². The van der Waals surface area contributed by atoms with Crippen LogP contribution in [0.25, 0.3) is 0 Å². The minimum absolute atomic E-state index is 0.498. The maximum absolute atomic E-state index is 10.3. The molecule has 0 saturated heterocycles. The van der Waals surface area contributed by atoms with Gasteiger partial charge in [-0.15, -0.1) is 10.2 Å². The molecule has 104 valence electrons. The lowest BCUT2D eigenvalue weighted by Gasteiger charge is -1.93. The van der Waals surface area contributed by atoms with Crippen LogP contribution < -0.4 is 0 Å². The Bertz CT molecular complexity index is 389. The monoisotopic (exact) mass is 275 g/mol. The zero-order chi connectivity index (χ0) is 13.9. The summed E-state index contributed by atoms with van der Waals surface area (Å²) < 4.78 is 28.8. The van der Waals surface area contributed by atoms with Crippen LogP contribution in [-0.4, -0.2) is 28.4 Å². The van der Waals surface area contributed by atoms with Gasteiger partial charge in [0.05, 0.1) is 6.20 Å². The molecule has 0 radical (unpaired) electrons. The lowest BCUT2D eigenvalue weighted by atomic mass is 10.1. The summed E-state index contributed by atoms with van der Waals surface area (Å²) in [7, 11) is -4.22. The van der Waals surface area contributed by atoms with Crippen LogP contribution in [0.5, 0.6) is 0 Å². The standard InChI is InChI=1S/C8H18.C3H3N3O3S/c1-3-5-7-8-6-4-2;7-10(8,9)3-1-2-4-6-5-3/h3-8H2,1-2H3;1-2H,(H,7,8,9). The number of aromatic nitrogens is 3. The van der Waals surface area contributed by atoms with Crippen molar-refractivity contribution in [1.82, 2.24) is 15.4 Å². The van der Waals surface area contributed by atoms with E-state index in [0.717, 1.165) is 12.3 Å². The normalized spacial score (nSPS) is 10.6. The van der Waals surface area contributed by atoms with Gasteiger partial charge in [-0.1, -0.05) is 52.4 Å². The summed E-state index contributed by atoms with van der Waals surface area (Å²) in [4.78, 5) is 0. The van der Waals surface area contributed by atoms with Gasteiger partial charge in [0.2, 0.25) is 5.03 Å². The Morgan fingerprint density at radius 1 is 1.11 bits per heavy atom. The lowest BCUT2D eigenvalue weighted by Crippen LogP contribution is -2.02. The fraction of sp³-hybridized carbons (Fsp3) is 0.727. The van der Waals surface area contributed by atoms with Crippen molar-refractivity contribution in [2.24, 2.45) is 0 Å². The Balaban J connectivity index is 0.000000331. The van der Waals surface area contributed by atoms with E-state index in [-0.39, 0.29) is 0 Å². The average Bonchev–Trinajstić information content (AvgIpc) is 2.36. The second-order valence-electron chi connectivity index (χ2n) is 3.85. The Labute approximate surface area is 109 Å². The summed E-state index contributed by atoms with van der Waals surface area (Å²) in [5.74, 6) is 0. The van der Waals surface area contributed by atoms with Gasteiger partial charge in [0, 0.05) is 6.07 Å². The molecule has 0 bridgehead atoms. The maximum atomic E-state index is 10.3. The average molecular weight is 275 g/mol. The molecular weight excluding hydrogens is 254 g/mol. The summed E-state index contributed by atoms with van der Waals surface area (Å²) in [6.07, 6.45) is 9.61. The van der Waals surface area contributed by atoms with E-state index in [1.165, 1.54) is 38.5 Å². The zero-order valence-corrected chi connectivity index (χ0v) is 11.7. The molecule has 0 aliphatic heterocycles. The molecule has 0 spiro atoms. The summed E-state index contributed by atoms with van der Waals surface area (Å²) in [6, 6.07) is 1.04. The van der Waals surface area contributed by atoms with Gasteiger partial charge in [0.25, 0.3) is 0 Å². The molecule has 18 heavy (non-hydrogen) atoms. The predicted molar refractivity (Wildman–Crippen MR) is 68.7 cm³/mol. The van der Waals surface area contributed by atoms with E-state index in [1.807, 2.05) is 0 Å². The van der Waals surface area contributed by atoms with E-state index in [2.05, 4.69) is 29.3 Å². The molecule has 0 atom stereocenters. The van der Waals surface area contributed by atoms with Gasteiger partial charge in [-0.3, -0.25) is 4.55 Å². The van der Waals surface area contributed by atoms with Gasteiger partial charge in [0.1, 0.15) is 0 Å². The Hall–Kier alpha value is -1.08. The summed E-state index contributed by atoms with van der Waals surface area (Å²) in [6.45, 7) is 4.51. The highest BCUT2D eigenvalue weighted by atomic mass is 32.2. The third-order valence-electron chi connectivity index (χ3n) is 2.20. The van der Waals surface area contributed by atoms with E-state index >= 15 is 0 Å². The molecule has 0 aliphatic carbocycles. The molecule has 1 aromatic rings. The van der Waals surface area contributed by atoms with E-state index in [4.69, 9.17) is 4.55 Å². The van der Waals surface area contributed by atoms with Gasteiger partial charge in [-0.2, -0.15) is 8.42 Å². The minimum atomic E-state index is -4.22. The molecule has 0 unspecified atom stereocenters. The van der Waals surface area contributed by atoms with Crippen molar-refractivity contribution in [2.45, 2.75) is 57.4 Å². The molecule has 6 nitrogen and oxygen atoms in total. The summed E-state index contributed by atoms with van der Waals surface area (Å²) >= 11 is 0. The van der Waals surface area contributed by atoms with Gasteiger partial charge >= 0.3 is 10.1 Å². The maximum Gasteiger partial charge on any atom is 0.314 e. The SMILES string of the molecule is CCCCCCCC.O=S(=O)(O)c1ccnnn1. The van der Waals surface area contributed by atoms with Crippen LogP contribution in [0.3, 0.4) is 0 Å². The van der Waals surface area contributed by atoms with Crippen molar-refractivity contribution in [1.29, 1.82) is 0 Å². The Morgan fingerprint density at radius 3 is 1.94 bits per heavy atom. The highest BCUT2D eigenvalue weighted by molar-refractivity contribution is 7.85. The molecule has 1 aromatic heterocycles. The van der Waals surface area contributed by atoms with E-state index < -0.39 is 15.1 Å². The molecule has 1 rings (SSSR count). The minimum Gasteiger partial charge on any atom is -0.281 e.